The molecule has 0 spiro atoms. The molecule has 4 aromatic rings. The van der Waals surface area contributed by atoms with Crippen LogP contribution in [0, 0.1) is 6.92 Å². The maximum Gasteiger partial charge on any atom is 0.272 e. The molecule has 7 nitrogen and oxygen atoms in total. The summed E-state index contributed by atoms with van der Waals surface area (Å²) in [6.07, 6.45) is 0. The Morgan fingerprint density at radius 1 is 1.15 bits per heavy atom. The average molecular weight is 347 g/mol. The lowest BCUT2D eigenvalue weighted by molar-refractivity contribution is 0.0947. The van der Waals surface area contributed by atoms with E-state index in [-0.39, 0.29) is 5.91 Å². The summed E-state index contributed by atoms with van der Waals surface area (Å²) >= 11 is 0. The van der Waals surface area contributed by atoms with Gasteiger partial charge < -0.3 is 9.84 Å². The second kappa shape index (κ2) is 6.44. The molecular formula is C19H17N5O2. The quantitative estimate of drug-likeness (QED) is 0.613. The highest BCUT2D eigenvalue weighted by molar-refractivity contribution is 6.04. The first-order chi connectivity index (χ1) is 12.6. The van der Waals surface area contributed by atoms with Gasteiger partial charge in [0.05, 0.1) is 5.52 Å². The zero-order valence-electron chi connectivity index (χ0n) is 14.4. The predicted octanol–water partition coefficient (Wildman–Crippen LogP) is 2.86. The number of fused-ring (bicyclic) bond motifs is 1. The average Bonchev–Trinajstić information content (AvgIpc) is 3.24. The maximum atomic E-state index is 12.5. The van der Waals surface area contributed by atoms with Crippen LogP contribution in [0.4, 0.5) is 0 Å². The molecule has 0 saturated heterocycles. The minimum Gasteiger partial charge on any atom is -0.347 e. The SMILES string of the molecule is Cc1nc(-c2ccc(CNC(=O)c3nn(C)c4ccccc34)cc2)no1. The Labute approximate surface area is 149 Å². The molecule has 0 aliphatic rings. The zero-order chi connectivity index (χ0) is 18.1. The fourth-order valence-electron chi connectivity index (χ4n) is 2.84. The number of hydrogen-bond acceptors (Lipinski definition) is 5. The van der Waals surface area contributed by atoms with Gasteiger partial charge in [0.2, 0.25) is 11.7 Å². The van der Waals surface area contributed by atoms with E-state index < -0.39 is 0 Å². The number of benzene rings is 2. The molecule has 2 heterocycles. The third kappa shape index (κ3) is 2.95. The molecule has 0 aliphatic heterocycles. The first kappa shape index (κ1) is 16.0. The highest BCUT2D eigenvalue weighted by Crippen LogP contribution is 2.18. The van der Waals surface area contributed by atoms with Crippen LogP contribution >= 0.6 is 0 Å². The fraction of sp³-hybridized carbons (Fsp3) is 0.158. The lowest BCUT2D eigenvalue weighted by Gasteiger charge is -2.04. The molecule has 2 aromatic heterocycles. The third-order valence-corrected chi connectivity index (χ3v) is 4.17. The van der Waals surface area contributed by atoms with Crippen molar-refractivity contribution in [3.8, 4) is 11.4 Å². The fourth-order valence-corrected chi connectivity index (χ4v) is 2.84. The minimum absolute atomic E-state index is 0.195. The summed E-state index contributed by atoms with van der Waals surface area (Å²) < 4.78 is 6.70. The number of aryl methyl sites for hydroxylation is 2. The van der Waals surface area contributed by atoms with E-state index in [1.165, 1.54) is 0 Å². The first-order valence-corrected chi connectivity index (χ1v) is 8.21. The molecule has 0 bridgehead atoms. The third-order valence-electron chi connectivity index (χ3n) is 4.17. The van der Waals surface area contributed by atoms with Gasteiger partial charge in [0.25, 0.3) is 5.91 Å². The minimum atomic E-state index is -0.195. The van der Waals surface area contributed by atoms with Crippen molar-refractivity contribution in [2.45, 2.75) is 13.5 Å². The summed E-state index contributed by atoms with van der Waals surface area (Å²) in [5, 5.41) is 12.0. The lowest BCUT2D eigenvalue weighted by Crippen LogP contribution is -2.23. The van der Waals surface area contributed by atoms with Gasteiger partial charge in [-0.3, -0.25) is 9.48 Å². The molecule has 0 unspecified atom stereocenters. The molecule has 1 amide bonds. The van der Waals surface area contributed by atoms with Crippen molar-refractivity contribution in [3.63, 3.8) is 0 Å². The van der Waals surface area contributed by atoms with Crippen LogP contribution in [0.2, 0.25) is 0 Å². The molecule has 0 aliphatic carbocycles. The van der Waals surface area contributed by atoms with E-state index in [1.807, 2.05) is 55.6 Å². The number of aromatic nitrogens is 4. The summed E-state index contributed by atoms with van der Waals surface area (Å²) in [7, 11) is 1.83. The molecule has 130 valence electrons. The van der Waals surface area contributed by atoms with E-state index in [4.69, 9.17) is 4.52 Å². The Morgan fingerprint density at radius 2 is 1.92 bits per heavy atom. The van der Waals surface area contributed by atoms with Crippen molar-refractivity contribution in [1.82, 2.24) is 25.2 Å². The van der Waals surface area contributed by atoms with Crippen molar-refractivity contribution in [2.24, 2.45) is 7.05 Å². The van der Waals surface area contributed by atoms with E-state index in [0.717, 1.165) is 22.0 Å². The normalized spacial score (nSPS) is 11.0. The van der Waals surface area contributed by atoms with E-state index in [9.17, 15) is 4.79 Å². The molecule has 1 N–H and O–H groups in total. The zero-order valence-corrected chi connectivity index (χ0v) is 14.4. The van der Waals surface area contributed by atoms with Gasteiger partial charge in [-0.25, -0.2) is 0 Å². The van der Waals surface area contributed by atoms with Gasteiger partial charge in [0.15, 0.2) is 5.69 Å². The standard InChI is InChI=1S/C19H17N5O2/c1-12-21-18(23-26-12)14-9-7-13(8-10-14)11-20-19(25)17-15-5-3-4-6-16(15)24(2)22-17/h3-10H,11H2,1-2H3,(H,20,25). The van der Waals surface area contributed by atoms with Crippen LogP contribution in [0.15, 0.2) is 53.1 Å². The number of carbonyl (C=O) groups excluding carboxylic acids is 1. The van der Waals surface area contributed by atoms with Crippen LogP contribution < -0.4 is 5.32 Å². The van der Waals surface area contributed by atoms with Gasteiger partial charge in [-0.1, -0.05) is 47.6 Å². The van der Waals surface area contributed by atoms with Crippen LogP contribution in [0.3, 0.4) is 0 Å². The Balaban J connectivity index is 1.47. The van der Waals surface area contributed by atoms with Crippen molar-refractivity contribution in [3.05, 3.63) is 65.7 Å². The molecule has 4 rings (SSSR count). The second-order valence-electron chi connectivity index (χ2n) is 6.01. The van der Waals surface area contributed by atoms with Crippen molar-refractivity contribution in [2.75, 3.05) is 0 Å². The van der Waals surface area contributed by atoms with E-state index in [1.54, 1.807) is 11.6 Å². The maximum absolute atomic E-state index is 12.5. The number of hydrogen-bond donors (Lipinski definition) is 1. The van der Waals surface area contributed by atoms with E-state index >= 15 is 0 Å². The van der Waals surface area contributed by atoms with Gasteiger partial charge in [0.1, 0.15) is 0 Å². The summed E-state index contributed by atoms with van der Waals surface area (Å²) in [6.45, 7) is 2.16. The van der Waals surface area contributed by atoms with Gasteiger partial charge in [-0.15, -0.1) is 0 Å². The van der Waals surface area contributed by atoms with Gasteiger partial charge in [0, 0.05) is 31.5 Å². The summed E-state index contributed by atoms with van der Waals surface area (Å²) in [5.74, 6) is 0.886. The first-order valence-electron chi connectivity index (χ1n) is 8.21. The summed E-state index contributed by atoms with van der Waals surface area (Å²) in [6, 6.07) is 15.3. The number of amides is 1. The molecule has 7 heteroatoms. The number of nitrogens with one attached hydrogen (secondary N) is 1. The van der Waals surface area contributed by atoms with Crippen molar-refractivity contribution in [1.29, 1.82) is 0 Å². The van der Waals surface area contributed by atoms with Gasteiger partial charge >= 0.3 is 0 Å². The van der Waals surface area contributed by atoms with Crippen LogP contribution in [-0.4, -0.2) is 25.8 Å². The van der Waals surface area contributed by atoms with Crippen LogP contribution in [0.1, 0.15) is 21.9 Å². The molecular weight excluding hydrogens is 330 g/mol. The second-order valence-corrected chi connectivity index (χ2v) is 6.01. The van der Waals surface area contributed by atoms with Crippen molar-refractivity contribution < 1.29 is 9.32 Å². The summed E-state index contributed by atoms with van der Waals surface area (Å²) in [4.78, 5) is 16.7. The molecule has 26 heavy (non-hydrogen) atoms. The van der Waals surface area contributed by atoms with Crippen LogP contribution in [0.25, 0.3) is 22.3 Å². The molecule has 0 saturated carbocycles. The predicted molar refractivity (Wildman–Crippen MR) is 96.4 cm³/mol. The van der Waals surface area contributed by atoms with Crippen LogP contribution in [0.5, 0.6) is 0 Å². The molecule has 2 aromatic carbocycles. The number of carbonyl (C=O) groups is 1. The van der Waals surface area contributed by atoms with E-state index in [2.05, 4.69) is 20.6 Å². The van der Waals surface area contributed by atoms with Gasteiger partial charge in [-0.05, 0) is 11.6 Å². The molecule has 0 radical (unpaired) electrons. The number of nitrogens with zero attached hydrogens (tertiary/aromatic N) is 4. The van der Waals surface area contributed by atoms with Crippen LogP contribution in [-0.2, 0) is 13.6 Å². The molecule has 0 fully saturated rings. The van der Waals surface area contributed by atoms with Crippen molar-refractivity contribution >= 4 is 16.8 Å². The largest absolute Gasteiger partial charge is 0.347 e. The summed E-state index contributed by atoms with van der Waals surface area (Å²) in [5.41, 5.74) is 3.20. The molecule has 0 atom stereocenters. The lowest BCUT2D eigenvalue weighted by atomic mass is 10.1. The highest BCUT2D eigenvalue weighted by atomic mass is 16.5. The smallest absolute Gasteiger partial charge is 0.272 e. The number of para-hydroxylation sites is 1. The van der Waals surface area contributed by atoms with E-state index in [0.29, 0.717) is 24.0 Å². The van der Waals surface area contributed by atoms with Gasteiger partial charge in [-0.2, -0.15) is 10.1 Å². The Morgan fingerprint density at radius 3 is 2.65 bits per heavy atom. The highest BCUT2D eigenvalue weighted by Gasteiger charge is 2.15. The monoisotopic (exact) mass is 347 g/mol. The Hall–Kier alpha value is -3.48. The number of rotatable bonds is 4. The Bertz CT molecular complexity index is 1080. The topological polar surface area (TPSA) is 85.8 Å². The Kier molecular flexibility index (Phi) is 3.96.